The number of hydrogen-bond donors (Lipinski definition) is 3. The number of nitrogens with one attached hydrogen (secondary N) is 3. The van der Waals surface area contributed by atoms with Gasteiger partial charge in [-0.15, -0.1) is 0 Å². The van der Waals surface area contributed by atoms with E-state index in [2.05, 4.69) is 16.2 Å². The van der Waals surface area contributed by atoms with Gasteiger partial charge < -0.3 is 15.0 Å². The fraction of sp³-hybridized carbons (Fsp3) is 0.529. The summed E-state index contributed by atoms with van der Waals surface area (Å²) >= 11 is 0. The van der Waals surface area contributed by atoms with Crippen LogP contribution in [0.4, 0.5) is 5.69 Å². The van der Waals surface area contributed by atoms with Crippen LogP contribution in [0.25, 0.3) is 0 Å². The van der Waals surface area contributed by atoms with Gasteiger partial charge in [0.1, 0.15) is 5.75 Å². The van der Waals surface area contributed by atoms with Crippen molar-refractivity contribution in [2.75, 3.05) is 18.1 Å². The molecule has 2 atom stereocenters. The van der Waals surface area contributed by atoms with E-state index >= 15 is 0 Å². The summed E-state index contributed by atoms with van der Waals surface area (Å²) in [5.74, 6) is 1.27. The predicted octanol–water partition coefficient (Wildman–Crippen LogP) is 0.521. The van der Waals surface area contributed by atoms with E-state index < -0.39 is 0 Å². The Morgan fingerprint density at radius 3 is 2.96 bits per heavy atom. The normalized spacial score (nSPS) is 26.0. The van der Waals surface area contributed by atoms with E-state index in [4.69, 9.17) is 4.74 Å². The number of fused-ring (bicyclic) bond motifs is 1. The summed E-state index contributed by atoms with van der Waals surface area (Å²) in [6.45, 7) is 0.382. The van der Waals surface area contributed by atoms with Gasteiger partial charge in [0, 0.05) is 19.0 Å². The van der Waals surface area contributed by atoms with Crippen LogP contribution in [0.2, 0.25) is 0 Å². The zero-order chi connectivity index (χ0) is 16.5. The number of carbonyl (C=O) groups excluding carboxylic acids is 2. The van der Waals surface area contributed by atoms with Crippen molar-refractivity contribution in [2.24, 2.45) is 5.92 Å². The number of ether oxygens (including phenoxy) is 1. The van der Waals surface area contributed by atoms with Crippen LogP contribution in [0.5, 0.6) is 5.75 Å². The Hall–Kier alpha value is -2.12. The maximum Gasteiger partial charge on any atom is 0.265 e. The van der Waals surface area contributed by atoms with Gasteiger partial charge in [-0.1, -0.05) is 12.1 Å². The lowest BCUT2D eigenvalue weighted by Gasteiger charge is -2.29. The van der Waals surface area contributed by atoms with E-state index in [9.17, 15) is 9.59 Å². The lowest BCUT2D eigenvalue weighted by molar-refractivity contribution is -0.122. The minimum atomic E-state index is -0.115. The van der Waals surface area contributed by atoms with Gasteiger partial charge in [-0.25, -0.2) is 5.43 Å². The number of anilines is 1. The van der Waals surface area contributed by atoms with E-state index in [1.165, 1.54) is 12.8 Å². The summed E-state index contributed by atoms with van der Waals surface area (Å²) in [4.78, 5) is 25.9. The Balaban J connectivity index is 1.30. The lowest BCUT2D eigenvalue weighted by Crippen LogP contribution is -2.46. The number of rotatable bonds is 5. The molecule has 1 aliphatic carbocycles. The summed E-state index contributed by atoms with van der Waals surface area (Å²) < 4.78 is 5.41. The van der Waals surface area contributed by atoms with Gasteiger partial charge in [-0.2, -0.15) is 0 Å². The van der Waals surface area contributed by atoms with Crippen LogP contribution < -0.4 is 25.8 Å². The first-order valence-electron chi connectivity index (χ1n) is 8.53. The standard InChI is InChI=1S/C17H22N4O3/c22-16(18-15-9-12(19-20-15)11-5-6-11)7-8-21-13-3-1-2-4-14(13)24-10-17(21)23/h1-4,11-12,15,19-20H,5-10H2,(H,18,22). The zero-order valence-corrected chi connectivity index (χ0v) is 13.5. The second-order valence-electron chi connectivity index (χ2n) is 6.64. The first kappa shape index (κ1) is 15.4. The molecule has 1 saturated heterocycles. The Morgan fingerprint density at radius 1 is 1.29 bits per heavy atom. The van der Waals surface area contributed by atoms with Crippen molar-refractivity contribution < 1.29 is 14.3 Å². The fourth-order valence-electron chi connectivity index (χ4n) is 3.36. The molecule has 3 aliphatic rings. The highest BCUT2D eigenvalue weighted by Crippen LogP contribution is 2.35. The monoisotopic (exact) mass is 330 g/mol. The molecule has 0 radical (unpaired) electrons. The van der Waals surface area contributed by atoms with Crippen LogP contribution in [0.3, 0.4) is 0 Å². The number of benzene rings is 1. The third-order valence-electron chi connectivity index (χ3n) is 4.83. The highest BCUT2D eigenvalue weighted by molar-refractivity contribution is 5.98. The SMILES string of the molecule is O=C(CCN1C(=O)COc2ccccc21)NC1CC(C2CC2)NN1. The van der Waals surface area contributed by atoms with E-state index in [-0.39, 0.29) is 31.0 Å². The number of nitrogens with zero attached hydrogens (tertiary/aromatic N) is 1. The van der Waals surface area contributed by atoms with Crippen LogP contribution in [0, 0.1) is 5.92 Å². The van der Waals surface area contributed by atoms with Crippen LogP contribution in [0.15, 0.2) is 24.3 Å². The van der Waals surface area contributed by atoms with Crippen molar-refractivity contribution in [3.8, 4) is 5.75 Å². The van der Waals surface area contributed by atoms with Gasteiger partial charge in [0.05, 0.1) is 11.9 Å². The van der Waals surface area contributed by atoms with Crippen LogP contribution in [0.1, 0.15) is 25.7 Å². The molecule has 1 aromatic rings. The van der Waals surface area contributed by atoms with E-state index in [1.54, 1.807) is 4.90 Å². The lowest BCUT2D eigenvalue weighted by atomic mass is 10.1. The molecular formula is C17H22N4O3. The molecule has 128 valence electrons. The molecule has 7 nitrogen and oxygen atoms in total. The first-order valence-corrected chi connectivity index (χ1v) is 8.53. The minimum Gasteiger partial charge on any atom is -0.482 e. The quantitative estimate of drug-likeness (QED) is 0.733. The molecule has 2 heterocycles. The fourth-order valence-corrected chi connectivity index (χ4v) is 3.36. The average molecular weight is 330 g/mol. The highest BCUT2D eigenvalue weighted by Gasteiger charge is 2.37. The van der Waals surface area contributed by atoms with E-state index in [0.29, 0.717) is 18.3 Å². The van der Waals surface area contributed by atoms with Crippen LogP contribution >= 0.6 is 0 Å². The number of para-hydroxylation sites is 2. The van der Waals surface area contributed by atoms with Crippen molar-refractivity contribution >= 4 is 17.5 Å². The van der Waals surface area contributed by atoms with E-state index in [0.717, 1.165) is 18.0 Å². The molecule has 0 spiro atoms. The second-order valence-corrected chi connectivity index (χ2v) is 6.64. The third kappa shape index (κ3) is 3.22. The predicted molar refractivity (Wildman–Crippen MR) is 88.2 cm³/mol. The van der Waals surface area contributed by atoms with Crippen LogP contribution in [-0.4, -0.2) is 37.2 Å². The minimum absolute atomic E-state index is 0.0236. The maximum absolute atomic E-state index is 12.2. The maximum atomic E-state index is 12.2. The van der Waals surface area contributed by atoms with Crippen molar-refractivity contribution in [2.45, 2.75) is 37.9 Å². The van der Waals surface area contributed by atoms with Crippen LogP contribution in [-0.2, 0) is 9.59 Å². The summed E-state index contributed by atoms with van der Waals surface area (Å²) in [6, 6.07) is 7.87. The summed E-state index contributed by atoms with van der Waals surface area (Å²) in [5, 5.41) is 2.99. The molecule has 0 aromatic heterocycles. The molecule has 2 fully saturated rings. The Morgan fingerprint density at radius 2 is 2.12 bits per heavy atom. The van der Waals surface area contributed by atoms with Crippen molar-refractivity contribution in [1.82, 2.24) is 16.2 Å². The zero-order valence-electron chi connectivity index (χ0n) is 13.5. The van der Waals surface area contributed by atoms with Gasteiger partial charge in [0.2, 0.25) is 5.91 Å². The molecule has 24 heavy (non-hydrogen) atoms. The number of carbonyl (C=O) groups is 2. The molecule has 3 N–H and O–H groups in total. The van der Waals surface area contributed by atoms with Gasteiger partial charge >= 0.3 is 0 Å². The van der Waals surface area contributed by atoms with E-state index in [1.807, 2.05) is 24.3 Å². The molecule has 0 bridgehead atoms. The largest absolute Gasteiger partial charge is 0.482 e. The molecule has 2 amide bonds. The van der Waals surface area contributed by atoms with Gasteiger partial charge in [-0.05, 0) is 37.3 Å². The molecule has 2 aliphatic heterocycles. The molecule has 1 saturated carbocycles. The van der Waals surface area contributed by atoms with Crippen molar-refractivity contribution in [3.05, 3.63) is 24.3 Å². The summed E-state index contributed by atoms with van der Waals surface area (Å²) in [6.07, 6.45) is 3.70. The molecule has 1 aromatic carbocycles. The van der Waals surface area contributed by atoms with Crippen molar-refractivity contribution in [3.63, 3.8) is 0 Å². The summed E-state index contributed by atoms with van der Waals surface area (Å²) in [7, 11) is 0. The number of hydrazine groups is 1. The first-order chi connectivity index (χ1) is 11.7. The number of amides is 2. The smallest absolute Gasteiger partial charge is 0.265 e. The molecule has 2 unspecified atom stereocenters. The third-order valence-corrected chi connectivity index (χ3v) is 4.83. The Labute approximate surface area is 140 Å². The number of hydrogen-bond acceptors (Lipinski definition) is 5. The van der Waals surface area contributed by atoms with Crippen molar-refractivity contribution in [1.29, 1.82) is 0 Å². The highest BCUT2D eigenvalue weighted by atomic mass is 16.5. The molecule has 4 rings (SSSR count). The molecular weight excluding hydrogens is 308 g/mol. The summed E-state index contributed by atoms with van der Waals surface area (Å²) in [5.41, 5.74) is 7.12. The topological polar surface area (TPSA) is 82.7 Å². The Bertz CT molecular complexity index is 646. The average Bonchev–Trinajstić information content (AvgIpc) is 3.34. The van der Waals surface area contributed by atoms with Gasteiger partial charge in [0.15, 0.2) is 6.61 Å². The molecule has 7 heteroatoms. The Kier molecular flexibility index (Phi) is 4.12. The van der Waals surface area contributed by atoms with Gasteiger partial charge in [-0.3, -0.25) is 15.0 Å². The van der Waals surface area contributed by atoms with Gasteiger partial charge in [0.25, 0.3) is 5.91 Å². The second kappa shape index (κ2) is 6.41.